The van der Waals surface area contributed by atoms with Gasteiger partial charge in [-0.1, -0.05) is 12.5 Å². The van der Waals surface area contributed by atoms with Crippen molar-refractivity contribution in [2.24, 2.45) is 11.1 Å². The lowest BCUT2D eigenvalue weighted by Gasteiger charge is -2.41. The lowest BCUT2D eigenvalue weighted by Crippen LogP contribution is -2.51. The standard InChI is InChI=1S/C15H22N2O/c1-11-5-6-13(9-12(11)2)17(3)14(18)15(10-16)7-4-8-15/h5-6,9H,4,7-8,10,16H2,1-3H3. The average Bonchev–Trinajstić information content (AvgIpc) is 2.31. The Morgan fingerprint density at radius 2 is 2.00 bits per heavy atom. The van der Waals surface area contributed by atoms with Crippen LogP contribution in [0.15, 0.2) is 18.2 Å². The average molecular weight is 246 g/mol. The summed E-state index contributed by atoms with van der Waals surface area (Å²) in [6, 6.07) is 6.13. The van der Waals surface area contributed by atoms with Crippen LogP contribution in [0, 0.1) is 19.3 Å². The summed E-state index contributed by atoms with van der Waals surface area (Å²) < 4.78 is 0. The highest BCUT2D eigenvalue weighted by Crippen LogP contribution is 2.42. The fourth-order valence-corrected chi connectivity index (χ4v) is 2.52. The monoisotopic (exact) mass is 246 g/mol. The van der Waals surface area contributed by atoms with Gasteiger partial charge >= 0.3 is 0 Å². The van der Waals surface area contributed by atoms with Crippen molar-refractivity contribution >= 4 is 11.6 Å². The molecule has 0 atom stereocenters. The Labute approximate surface area is 109 Å². The first kappa shape index (κ1) is 13.1. The van der Waals surface area contributed by atoms with Crippen LogP contribution in [0.3, 0.4) is 0 Å². The number of carbonyl (C=O) groups excluding carboxylic acids is 1. The van der Waals surface area contributed by atoms with E-state index in [1.807, 2.05) is 13.1 Å². The molecule has 18 heavy (non-hydrogen) atoms. The maximum atomic E-state index is 12.5. The summed E-state index contributed by atoms with van der Waals surface area (Å²) in [4.78, 5) is 14.3. The fourth-order valence-electron chi connectivity index (χ4n) is 2.52. The molecule has 3 heteroatoms. The minimum Gasteiger partial charge on any atom is -0.329 e. The van der Waals surface area contributed by atoms with Gasteiger partial charge in [-0.25, -0.2) is 0 Å². The number of amides is 1. The second kappa shape index (κ2) is 4.73. The lowest BCUT2D eigenvalue weighted by atomic mass is 9.68. The van der Waals surface area contributed by atoms with E-state index in [2.05, 4.69) is 26.0 Å². The molecule has 0 bridgehead atoms. The van der Waals surface area contributed by atoms with Crippen molar-refractivity contribution in [3.63, 3.8) is 0 Å². The molecule has 1 aromatic carbocycles. The first-order valence-corrected chi connectivity index (χ1v) is 6.56. The van der Waals surface area contributed by atoms with Crippen molar-refractivity contribution in [3.8, 4) is 0 Å². The predicted octanol–water partition coefficient (Wildman–Crippen LogP) is 2.40. The third-order valence-electron chi connectivity index (χ3n) is 4.34. The summed E-state index contributed by atoms with van der Waals surface area (Å²) in [6.45, 7) is 4.61. The Bertz CT molecular complexity index is 458. The van der Waals surface area contributed by atoms with E-state index in [0.29, 0.717) is 6.54 Å². The van der Waals surface area contributed by atoms with Gasteiger partial charge in [0.2, 0.25) is 5.91 Å². The zero-order valence-corrected chi connectivity index (χ0v) is 11.5. The predicted molar refractivity (Wildman–Crippen MR) is 74.7 cm³/mol. The number of nitrogens with two attached hydrogens (primary N) is 1. The van der Waals surface area contributed by atoms with Crippen LogP contribution in [0.5, 0.6) is 0 Å². The quantitative estimate of drug-likeness (QED) is 0.890. The van der Waals surface area contributed by atoms with Gasteiger partial charge in [0, 0.05) is 19.3 Å². The number of anilines is 1. The molecule has 0 unspecified atom stereocenters. The number of hydrogen-bond acceptors (Lipinski definition) is 2. The van der Waals surface area contributed by atoms with Crippen molar-refractivity contribution in [2.75, 3.05) is 18.5 Å². The molecule has 1 aliphatic rings. The van der Waals surface area contributed by atoms with Crippen molar-refractivity contribution in [2.45, 2.75) is 33.1 Å². The lowest BCUT2D eigenvalue weighted by molar-refractivity contribution is -0.131. The molecule has 0 heterocycles. The molecule has 1 fully saturated rings. The van der Waals surface area contributed by atoms with E-state index in [-0.39, 0.29) is 11.3 Å². The van der Waals surface area contributed by atoms with Gasteiger partial charge in [-0.2, -0.15) is 0 Å². The summed E-state index contributed by atoms with van der Waals surface area (Å²) in [6.07, 6.45) is 2.97. The minimum absolute atomic E-state index is 0.166. The Kier molecular flexibility index (Phi) is 3.44. The van der Waals surface area contributed by atoms with E-state index in [1.165, 1.54) is 11.1 Å². The van der Waals surface area contributed by atoms with E-state index in [4.69, 9.17) is 5.73 Å². The van der Waals surface area contributed by atoms with Gasteiger partial charge in [-0.15, -0.1) is 0 Å². The summed E-state index contributed by atoms with van der Waals surface area (Å²) in [7, 11) is 1.85. The number of nitrogens with zero attached hydrogens (tertiary/aromatic N) is 1. The van der Waals surface area contributed by atoms with E-state index >= 15 is 0 Å². The van der Waals surface area contributed by atoms with Crippen LogP contribution in [0.1, 0.15) is 30.4 Å². The van der Waals surface area contributed by atoms with Crippen LogP contribution < -0.4 is 10.6 Å². The molecule has 1 aromatic rings. The molecular weight excluding hydrogens is 224 g/mol. The van der Waals surface area contributed by atoms with Crippen LogP contribution >= 0.6 is 0 Å². The van der Waals surface area contributed by atoms with Gasteiger partial charge in [0.1, 0.15) is 0 Å². The second-order valence-electron chi connectivity index (χ2n) is 5.47. The van der Waals surface area contributed by atoms with Gasteiger partial charge < -0.3 is 10.6 Å². The highest BCUT2D eigenvalue weighted by atomic mass is 16.2. The zero-order chi connectivity index (χ0) is 13.3. The number of aryl methyl sites for hydroxylation is 2. The van der Waals surface area contributed by atoms with Crippen molar-refractivity contribution in [1.82, 2.24) is 0 Å². The molecule has 2 N–H and O–H groups in total. The molecular formula is C15H22N2O. The maximum Gasteiger partial charge on any atom is 0.234 e. The van der Waals surface area contributed by atoms with Crippen LogP contribution in [-0.2, 0) is 4.79 Å². The van der Waals surface area contributed by atoms with Crippen LogP contribution in [-0.4, -0.2) is 19.5 Å². The number of benzene rings is 1. The summed E-state index contributed by atoms with van der Waals surface area (Å²) in [5.41, 5.74) is 8.91. The first-order valence-electron chi connectivity index (χ1n) is 6.56. The second-order valence-corrected chi connectivity index (χ2v) is 5.47. The third kappa shape index (κ3) is 2.03. The van der Waals surface area contributed by atoms with Crippen molar-refractivity contribution < 1.29 is 4.79 Å². The molecule has 98 valence electrons. The molecule has 1 aliphatic carbocycles. The Morgan fingerprint density at radius 1 is 1.33 bits per heavy atom. The molecule has 0 aromatic heterocycles. The fraction of sp³-hybridized carbons (Fsp3) is 0.533. The molecule has 0 aliphatic heterocycles. The molecule has 1 amide bonds. The highest BCUT2D eigenvalue weighted by Gasteiger charge is 2.44. The highest BCUT2D eigenvalue weighted by molar-refractivity contribution is 5.98. The number of hydrogen-bond donors (Lipinski definition) is 1. The van der Waals surface area contributed by atoms with Gasteiger partial charge in [0.15, 0.2) is 0 Å². The zero-order valence-electron chi connectivity index (χ0n) is 11.5. The maximum absolute atomic E-state index is 12.5. The van der Waals surface area contributed by atoms with Gasteiger partial charge in [0.25, 0.3) is 0 Å². The van der Waals surface area contributed by atoms with E-state index in [1.54, 1.807) is 4.90 Å². The summed E-state index contributed by atoms with van der Waals surface area (Å²) >= 11 is 0. The number of carbonyl (C=O) groups is 1. The SMILES string of the molecule is Cc1ccc(N(C)C(=O)C2(CN)CCC2)cc1C. The van der Waals surface area contributed by atoms with Crippen LogP contribution in [0.2, 0.25) is 0 Å². The third-order valence-corrected chi connectivity index (χ3v) is 4.34. The number of rotatable bonds is 3. The molecule has 1 saturated carbocycles. The molecule has 3 nitrogen and oxygen atoms in total. The van der Waals surface area contributed by atoms with E-state index in [9.17, 15) is 4.79 Å². The summed E-state index contributed by atoms with van der Waals surface area (Å²) in [5.74, 6) is 0.166. The van der Waals surface area contributed by atoms with Gasteiger partial charge in [0.05, 0.1) is 5.41 Å². The first-order chi connectivity index (χ1) is 8.50. The van der Waals surface area contributed by atoms with Crippen LogP contribution in [0.25, 0.3) is 0 Å². The minimum atomic E-state index is -0.298. The molecule has 0 spiro atoms. The Morgan fingerprint density at radius 3 is 2.44 bits per heavy atom. The largest absolute Gasteiger partial charge is 0.329 e. The van der Waals surface area contributed by atoms with Crippen molar-refractivity contribution in [1.29, 1.82) is 0 Å². The van der Waals surface area contributed by atoms with E-state index in [0.717, 1.165) is 24.9 Å². The normalized spacial score (nSPS) is 17.1. The Hall–Kier alpha value is -1.35. The topological polar surface area (TPSA) is 46.3 Å². The Balaban J connectivity index is 2.22. The van der Waals surface area contributed by atoms with Crippen LogP contribution in [0.4, 0.5) is 5.69 Å². The van der Waals surface area contributed by atoms with E-state index < -0.39 is 0 Å². The molecule has 0 radical (unpaired) electrons. The van der Waals surface area contributed by atoms with Gasteiger partial charge in [-0.3, -0.25) is 4.79 Å². The summed E-state index contributed by atoms with van der Waals surface area (Å²) in [5, 5.41) is 0. The van der Waals surface area contributed by atoms with Crippen molar-refractivity contribution in [3.05, 3.63) is 29.3 Å². The molecule has 0 saturated heterocycles. The smallest absolute Gasteiger partial charge is 0.234 e. The van der Waals surface area contributed by atoms with Gasteiger partial charge in [-0.05, 0) is 49.9 Å². The molecule has 2 rings (SSSR count).